The van der Waals surface area contributed by atoms with Crippen LogP contribution in [0.15, 0.2) is 78.9 Å². The van der Waals surface area contributed by atoms with Crippen LogP contribution in [0.1, 0.15) is 90.1 Å². The molecule has 1 aliphatic heterocycles. The molecule has 4 N–H and O–H groups in total. The molecule has 41 heavy (non-hydrogen) atoms. The van der Waals surface area contributed by atoms with Crippen LogP contribution in [0.5, 0.6) is 0 Å². The summed E-state index contributed by atoms with van der Waals surface area (Å²) in [6.07, 6.45) is 4.77. The van der Waals surface area contributed by atoms with Gasteiger partial charge in [-0.3, -0.25) is 19.9 Å². The summed E-state index contributed by atoms with van der Waals surface area (Å²) < 4.78 is 0. The van der Waals surface area contributed by atoms with Gasteiger partial charge < -0.3 is 15.7 Å². The van der Waals surface area contributed by atoms with Gasteiger partial charge in [-0.15, -0.1) is 0 Å². The number of hydrogen-bond acceptors (Lipinski definition) is 4. The third-order valence-corrected chi connectivity index (χ3v) is 8.88. The summed E-state index contributed by atoms with van der Waals surface area (Å²) in [7, 11) is 0. The lowest BCUT2D eigenvalue weighted by Crippen LogP contribution is -2.61. The van der Waals surface area contributed by atoms with E-state index in [9.17, 15) is 14.7 Å². The molecule has 2 aliphatic carbocycles. The highest BCUT2D eigenvalue weighted by Gasteiger charge is 2.47. The Morgan fingerprint density at radius 1 is 1.10 bits per heavy atom. The van der Waals surface area contributed by atoms with Gasteiger partial charge in [0.15, 0.2) is 5.96 Å². The van der Waals surface area contributed by atoms with E-state index in [-0.39, 0.29) is 30.2 Å². The van der Waals surface area contributed by atoms with E-state index >= 15 is 0 Å². The SMILES string of the molecule is CCCC(c1cccc(C(=O)N[C@@H]2c3ccccc3C[C@H]2O)c1)N1C(=N)N[C@](CC2CC2)(c2ccccc2)CC1=O. The van der Waals surface area contributed by atoms with Crippen LogP contribution in [0, 0.1) is 11.3 Å². The first kappa shape index (κ1) is 27.2. The van der Waals surface area contributed by atoms with Crippen molar-refractivity contribution in [3.8, 4) is 0 Å². The lowest BCUT2D eigenvalue weighted by atomic mass is 9.79. The van der Waals surface area contributed by atoms with E-state index in [0.717, 1.165) is 47.9 Å². The van der Waals surface area contributed by atoms with E-state index in [0.29, 0.717) is 24.3 Å². The second-order valence-electron chi connectivity index (χ2n) is 11.9. The molecule has 0 spiro atoms. The van der Waals surface area contributed by atoms with Crippen molar-refractivity contribution < 1.29 is 14.7 Å². The number of nitrogens with one attached hydrogen (secondary N) is 3. The van der Waals surface area contributed by atoms with Gasteiger partial charge in [-0.1, -0.05) is 92.9 Å². The van der Waals surface area contributed by atoms with E-state index in [4.69, 9.17) is 5.41 Å². The molecule has 212 valence electrons. The van der Waals surface area contributed by atoms with E-state index in [2.05, 4.69) is 29.7 Å². The van der Waals surface area contributed by atoms with Gasteiger partial charge in [0, 0.05) is 12.0 Å². The Morgan fingerprint density at radius 3 is 2.59 bits per heavy atom. The number of aliphatic hydroxyl groups is 1. The van der Waals surface area contributed by atoms with E-state index in [1.165, 1.54) is 0 Å². The predicted molar refractivity (Wildman–Crippen MR) is 158 cm³/mol. The van der Waals surface area contributed by atoms with Gasteiger partial charge in [0.25, 0.3) is 5.91 Å². The fraction of sp³-hybridized carbons (Fsp3) is 0.382. The molecule has 1 heterocycles. The lowest BCUT2D eigenvalue weighted by Gasteiger charge is -2.46. The highest BCUT2D eigenvalue weighted by Crippen LogP contribution is 2.45. The Hall–Kier alpha value is -3.97. The maximum atomic E-state index is 13.9. The molecular weight excluding hydrogens is 512 g/mol. The summed E-state index contributed by atoms with van der Waals surface area (Å²) in [6.45, 7) is 2.06. The zero-order chi connectivity index (χ0) is 28.6. The highest BCUT2D eigenvalue weighted by atomic mass is 16.3. The van der Waals surface area contributed by atoms with Gasteiger partial charge in [0.1, 0.15) is 0 Å². The van der Waals surface area contributed by atoms with E-state index in [1.807, 2.05) is 60.7 Å². The first-order valence-electron chi connectivity index (χ1n) is 14.8. The molecule has 7 nitrogen and oxygen atoms in total. The van der Waals surface area contributed by atoms with Gasteiger partial charge in [0.05, 0.1) is 30.1 Å². The second-order valence-corrected chi connectivity index (χ2v) is 11.9. The molecule has 3 aromatic rings. The number of fused-ring (bicyclic) bond motifs is 1. The number of carbonyl (C=O) groups excluding carboxylic acids is 2. The number of nitrogens with zero attached hydrogens (tertiary/aromatic N) is 1. The first-order valence-corrected chi connectivity index (χ1v) is 14.8. The molecular formula is C34H38N4O3. The van der Waals surface area contributed by atoms with Crippen molar-refractivity contribution >= 4 is 17.8 Å². The summed E-state index contributed by atoms with van der Waals surface area (Å²) in [5.41, 5.74) is 3.75. The average Bonchev–Trinajstić information content (AvgIpc) is 3.73. The average molecular weight is 551 g/mol. The number of aliphatic hydroxyl groups excluding tert-OH is 1. The van der Waals surface area contributed by atoms with Crippen molar-refractivity contribution in [1.29, 1.82) is 5.41 Å². The third-order valence-electron chi connectivity index (χ3n) is 8.88. The Kier molecular flexibility index (Phi) is 7.39. The molecule has 3 aliphatic rings. The van der Waals surface area contributed by atoms with Crippen LogP contribution in [-0.2, 0) is 16.8 Å². The first-order chi connectivity index (χ1) is 19.9. The summed E-state index contributed by atoms with van der Waals surface area (Å²) in [5.74, 6) is 0.345. The Balaban J connectivity index is 1.25. The van der Waals surface area contributed by atoms with Crippen molar-refractivity contribution in [2.45, 2.75) is 75.6 Å². The number of benzene rings is 3. The summed E-state index contributed by atoms with van der Waals surface area (Å²) >= 11 is 0. The third kappa shape index (κ3) is 5.38. The van der Waals surface area contributed by atoms with Crippen LogP contribution in [0.3, 0.4) is 0 Å². The van der Waals surface area contributed by atoms with Gasteiger partial charge in [-0.25, -0.2) is 0 Å². The maximum absolute atomic E-state index is 13.9. The van der Waals surface area contributed by atoms with Gasteiger partial charge in [0.2, 0.25) is 5.91 Å². The van der Waals surface area contributed by atoms with Crippen LogP contribution in [0.2, 0.25) is 0 Å². The standard InChI is InChI=1S/C34H38N4O3/c1-2-9-28(38-30(40)21-34(37-33(38)35,20-22-16-17-22)26-13-4-3-5-14-26)24-11-8-12-25(18-24)32(41)36-31-27-15-7-6-10-23(27)19-29(31)39/h3-8,10-15,18,22,28-29,31,39H,2,9,16-17,19-21H2,1H3,(H2,35,37)(H,36,41)/t28?,29-,31-,34+/m1/s1. The number of amides is 2. The smallest absolute Gasteiger partial charge is 0.251 e. The Labute approximate surface area is 241 Å². The van der Waals surface area contributed by atoms with Crippen molar-refractivity contribution in [3.63, 3.8) is 0 Å². The number of hydrogen-bond donors (Lipinski definition) is 4. The molecule has 4 atom stereocenters. The molecule has 0 bridgehead atoms. The van der Waals surface area contributed by atoms with Crippen LogP contribution in [0.25, 0.3) is 0 Å². The van der Waals surface area contributed by atoms with Crippen molar-refractivity contribution in [2.75, 3.05) is 0 Å². The minimum atomic E-state index is -0.676. The molecule has 2 amide bonds. The fourth-order valence-electron chi connectivity index (χ4n) is 6.69. The molecule has 0 aromatic heterocycles. The zero-order valence-corrected chi connectivity index (χ0v) is 23.5. The predicted octanol–water partition coefficient (Wildman–Crippen LogP) is 5.37. The fourth-order valence-corrected chi connectivity index (χ4v) is 6.69. The summed E-state index contributed by atoms with van der Waals surface area (Å²) in [6, 6.07) is 24.4. The van der Waals surface area contributed by atoms with Gasteiger partial charge in [-0.05, 0) is 53.1 Å². The normalized spacial score (nSPS) is 24.5. The minimum absolute atomic E-state index is 0.0720. The zero-order valence-electron chi connectivity index (χ0n) is 23.5. The molecule has 6 rings (SSSR count). The van der Waals surface area contributed by atoms with Crippen molar-refractivity contribution in [1.82, 2.24) is 15.5 Å². The Bertz CT molecular complexity index is 1430. The molecule has 3 aromatic carbocycles. The van der Waals surface area contributed by atoms with E-state index < -0.39 is 17.7 Å². The van der Waals surface area contributed by atoms with Gasteiger partial charge in [-0.2, -0.15) is 0 Å². The molecule has 2 fully saturated rings. The van der Waals surface area contributed by atoms with Crippen LogP contribution in [-0.4, -0.2) is 33.9 Å². The second kappa shape index (κ2) is 11.1. The van der Waals surface area contributed by atoms with Gasteiger partial charge >= 0.3 is 0 Å². The number of guanidine groups is 1. The molecule has 7 heteroatoms. The topological polar surface area (TPSA) is 106 Å². The number of rotatable bonds is 9. The van der Waals surface area contributed by atoms with E-state index in [1.54, 1.807) is 11.0 Å². The summed E-state index contributed by atoms with van der Waals surface area (Å²) in [5, 5.41) is 26.2. The van der Waals surface area contributed by atoms with Crippen molar-refractivity contribution in [2.24, 2.45) is 5.92 Å². The maximum Gasteiger partial charge on any atom is 0.251 e. The molecule has 1 saturated heterocycles. The minimum Gasteiger partial charge on any atom is -0.390 e. The monoisotopic (exact) mass is 550 g/mol. The van der Waals surface area contributed by atoms with Crippen LogP contribution >= 0.6 is 0 Å². The van der Waals surface area contributed by atoms with Crippen LogP contribution < -0.4 is 10.6 Å². The Morgan fingerprint density at radius 2 is 1.85 bits per heavy atom. The molecule has 1 saturated carbocycles. The van der Waals surface area contributed by atoms with Crippen LogP contribution in [0.4, 0.5) is 0 Å². The molecule has 1 unspecified atom stereocenters. The molecule has 0 radical (unpaired) electrons. The highest BCUT2D eigenvalue weighted by molar-refractivity contribution is 6.00. The summed E-state index contributed by atoms with van der Waals surface area (Å²) in [4.78, 5) is 28.9. The van der Waals surface area contributed by atoms with Crippen molar-refractivity contribution in [3.05, 3.63) is 107 Å². The quantitative estimate of drug-likeness (QED) is 0.288. The lowest BCUT2D eigenvalue weighted by molar-refractivity contribution is -0.133. The largest absolute Gasteiger partial charge is 0.390 e. The number of carbonyl (C=O) groups is 2.